The number of nitrogens with zero attached hydrogens (tertiary/aromatic N) is 3. The van der Waals surface area contributed by atoms with Crippen molar-refractivity contribution >= 4 is 11.7 Å². The maximum atomic E-state index is 12.0. The van der Waals surface area contributed by atoms with Crippen molar-refractivity contribution in [2.75, 3.05) is 18.1 Å². The first-order valence-corrected chi connectivity index (χ1v) is 7.55. The second-order valence-electron chi connectivity index (χ2n) is 6.01. The van der Waals surface area contributed by atoms with Crippen LogP contribution in [-0.4, -0.2) is 39.5 Å². The fourth-order valence-corrected chi connectivity index (χ4v) is 3.01. The molecular weight excluding hydrogens is 294 g/mol. The number of hydrogen-bond donors (Lipinski definition) is 2. The van der Waals surface area contributed by atoms with Crippen LogP contribution in [0.1, 0.15) is 17.5 Å². The smallest absolute Gasteiger partial charge is 0.228 e. The third-order valence-corrected chi connectivity index (χ3v) is 4.11. The zero-order valence-corrected chi connectivity index (χ0v) is 13.2. The molecule has 1 aromatic carbocycles. The van der Waals surface area contributed by atoms with Crippen molar-refractivity contribution in [1.29, 1.82) is 0 Å². The Morgan fingerprint density at radius 2 is 2.04 bits per heavy atom. The molecule has 1 amide bonds. The molecule has 1 fully saturated rings. The predicted molar refractivity (Wildman–Crippen MR) is 86.2 cm³/mol. The second kappa shape index (κ2) is 5.96. The third-order valence-electron chi connectivity index (χ3n) is 4.11. The highest BCUT2D eigenvalue weighted by Crippen LogP contribution is 2.32. The number of amides is 1. The molecule has 2 heterocycles. The van der Waals surface area contributed by atoms with Gasteiger partial charge in [0.15, 0.2) is 5.82 Å². The Kier molecular flexibility index (Phi) is 4.00. The van der Waals surface area contributed by atoms with Gasteiger partial charge in [-0.2, -0.15) is 0 Å². The van der Waals surface area contributed by atoms with Gasteiger partial charge in [-0.25, -0.2) is 0 Å². The Balaban J connectivity index is 1.90. The Hall–Kier alpha value is -2.47. The molecule has 1 atom stereocenters. The van der Waals surface area contributed by atoms with E-state index in [1.807, 2.05) is 19.9 Å². The monoisotopic (exact) mass is 313 g/mol. The largest absolute Gasteiger partial charge is 0.507 e. The van der Waals surface area contributed by atoms with Crippen LogP contribution in [0.5, 0.6) is 5.75 Å². The van der Waals surface area contributed by atoms with Crippen LogP contribution in [0.3, 0.4) is 0 Å². The van der Waals surface area contributed by atoms with Crippen molar-refractivity contribution in [3.63, 3.8) is 0 Å². The van der Waals surface area contributed by atoms with Crippen LogP contribution in [0, 0.1) is 19.8 Å². The van der Waals surface area contributed by atoms with Gasteiger partial charge in [0.25, 0.3) is 0 Å². The predicted octanol–water partition coefficient (Wildman–Crippen LogP) is 1.81. The fourth-order valence-electron chi connectivity index (χ4n) is 3.01. The van der Waals surface area contributed by atoms with Gasteiger partial charge < -0.3 is 10.2 Å². The molecule has 0 bridgehead atoms. The summed E-state index contributed by atoms with van der Waals surface area (Å²) in [6.45, 7) is 4.28. The molecule has 6 nitrogen and oxygen atoms in total. The number of phenols is 1. The second-order valence-corrected chi connectivity index (χ2v) is 6.01. The lowest BCUT2D eigenvalue weighted by molar-refractivity contribution is -0.117. The number of aromatic hydroxyl groups is 1. The van der Waals surface area contributed by atoms with Crippen molar-refractivity contribution in [2.45, 2.75) is 20.3 Å². The van der Waals surface area contributed by atoms with Gasteiger partial charge in [-0.1, -0.05) is 6.07 Å². The lowest BCUT2D eigenvalue weighted by Crippen LogP contribution is -2.26. The topological polar surface area (TPSA) is 86.5 Å². The highest BCUT2D eigenvalue weighted by molar-refractivity contribution is 5.94. The van der Waals surface area contributed by atoms with Crippen LogP contribution in [-0.2, 0) is 4.79 Å². The average molecular weight is 313 g/mol. The van der Waals surface area contributed by atoms with E-state index in [0.29, 0.717) is 30.0 Å². The number of benzene rings is 1. The van der Waals surface area contributed by atoms with Crippen LogP contribution in [0.2, 0.25) is 0 Å². The standard InChI is InChI=1S/C17H19N3O3/c1-10-5-11(2)17(14(22)6-10)13-3-4-15(19-18-13)20-8-12(9-21)7-16(20)23/h3-6,12,21-22H,7-9H2,1-2H3/t12-/m0/s1. The molecule has 0 spiro atoms. The summed E-state index contributed by atoms with van der Waals surface area (Å²) in [6, 6.07) is 7.13. The summed E-state index contributed by atoms with van der Waals surface area (Å²) in [5.41, 5.74) is 3.11. The number of rotatable bonds is 3. The number of phenolic OH excluding ortho intramolecular Hbond substituents is 1. The van der Waals surface area contributed by atoms with E-state index in [1.165, 1.54) is 0 Å². The summed E-state index contributed by atoms with van der Waals surface area (Å²) in [5.74, 6) is 0.536. The number of carbonyl (C=O) groups excluding carboxylic acids is 1. The van der Waals surface area contributed by atoms with Crippen LogP contribution in [0.15, 0.2) is 24.3 Å². The van der Waals surface area contributed by atoms with Gasteiger partial charge in [0, 0.05) is 31.1 Å². The maximum Gasteiger partial charge on any atom is 0.228 e. The lowest BCUT2D eigenvalue weighted by Gasteiger charge is -2.15. The first-order valence-electron chi connectivity index (χ1n) is 7.55. The average Bonchev–Trinajstić information content (AvgIpc) is 2.88. The zero-order chi connectivity index (χ0) is 16.6. The van der Waals surface area contributed by atoms with Gasteiger partial charge in [-0.3, -0.25) is 9.69 Å². The molecule has 1 aliphatic heterocycles. The molecule has 2 aromatic rings. The van der Waals surface area contributed by atoms with E-state index in [2.05, 4.69) is 10.2 Å². The Morgan fingerprint density at radius 3 is 2.61 bits per heavy atom. The lowest BCUT2D eigenvalue weighted by atomic mass is 10.0. The van der Waals surface area contributed by atoms with Gasteiger partial charge >= 0.3 is 0 Å². The van der Waals surface area contributed by atoms with Crippen LogP contribution in [0.25, 0.3) is 11.3 Å². The van der Waals surface area contributed by atoms with Crippen LogP contribution in [0.4, 0.5) is 5.82 Å². The summed E-state index contributed by atoms with van der Waals surface area (Å²) < 4.78 is 0. The zero-order valence-electron chi connectivity index (χ0n) is 13.2. The minimum atomic E-state index is -0.0551. The van der Waals surface area contributed by atoms with Crippen LogP contribution < -0.4 is 4.90 Å². The number of carbonyl (C=O) groups is 1. The summed E-state index contributed by atoms with van der Waals surface area (Å²) >= 11 is 0. The number of aryl methyl sites for hydroxylation is 2. The minimum Gasteiger partial charge on any atom is -0.507 e. The molecule has 0 aliphatic carbocycles. The van der Waals surface area contributed by atoms with E-state index in [-0.39, 0.29) is 24.2 Å². The van der Waals surface area contributed by atoms with Crippen molar-refractivity contribution in [2.24, 2.45) is 5.92 Å². The minimum absolute atomic E-state index is 0.00974. The highest BCUT2D eigenvalue weighted by Gasteiger charge is 2.31. The van der Waals surface area contributed by atoms with Gasteiger partial charge in [0.2, 0.25) is 5.91 Å². The van der Waals surface area contributed by atoms with Crippen molar-refractivity contribution < 1.29 is 15.0 Å². The third kappa shape index (κ3) is 2.90. The Morgan fingerprint density at radius 1 is 1.26 bits per heavy atom. The molecule has 0 saturated carbocycles. The highest BCUT2D eigenvalue weighted by atomic mass is 16.3. The molecule has 2 N–H and O–H groups in total. The van der Waals surface area contributed by atoms with E-state index in [0.717, 1.165) is 11.1 Å². The summed E-state index contributed by atoms with van der Waals surface area (Å²) in [7, 11) is 0. The number of anilines is 1. The summed E-state index contributed by atoms with van der Waals surface area (Å²) in [6.07, 6.45) is 0.331. The van der Waals surface area contributed by atoms with Gasteiger partial charge in [-0.15, -0.1) is 10.2 Å². The number of hydrogen-bond acceptors (Lipinski definition) is 5. The van der Waals surface area contributed by atoms with E-state index < -0.39 is 0 Å². The Labute approximate surface area is 134 Å². The molecule has 0 unspecified atom stereocenters. The van der Waals surface area contributed by atoms with Gasteiger partial charge in [0.05, 0.1) is 5.69 Å². The Bertz CT molecular complexity index is 720. The van der Waals surface area contributed by atoms with Gasteiger partial charge in [-0.05, 0) is 43.2 Å². The molecule has 120 valence electrons. The quantitative estimate of drug-likeness (QED) is 0.902. The van der Waals surface area contributed by atoms with Crippen molar-refractivity contribution in [3.05, 3.63) is 35.4 Å². The van der Waals surface area contributed by atoms with Crippen LogP contribution >= 0.6 is 0 Å². The first kappa shape index (κ1) is 15.4. The SMILES string of the molecule is Cc1cc(C)c(-c2ccc(N3C[C@@H](CO)CC3=O)nn2)c(O)c1. The summed E-state index contributed by atoms with van der Waals surface area (Å²) in [4.78, 5) is 13.5. The normalized spacial score (nSPS) is 17.8. The molecule has 6 heteroatoms. The molecule has 3 rings (SSSR count). The molecule has 1 aliphatic rings. The molecule has 1 aromatic heterocycles. The molecule has 1 saturated heterocycles. The van der Waals surface area contributed by atoms with Crippen molar-refractivity contribution in [1.82, 2.24) is 10.2 Å². The summed E-state index contributed by atoms with van der Waals surface area (Å²) in [5, 5.41) is 27.6. The van der Waals surface area contributed by atoms with Crippen molar-refractivity contribution in [3.8, 4) is 17.0 Å². The van der Waals surface area contributed by atoms with E-state index >= 15 is 0 Å². The van der Waals surface area contributed by atoms with Gasteiger partial charge in [0.1, 0.15) is 5.75 Å². The molecular formula is C17H19N3O3. The number of aliphatic hydroxyl groups is 1. The molecule has 0 radical (unpaired) electrons. The van der Waals surface area contributed by atoms with E-state index in [1.54, 1.807) is 23.1 Å². The fraction of sp³-hybridized carbons (Fsp3) is 0.353. The van der Waals surface area contributed by atoms with E-state index in [4.69, 9.17) is 0 Å². The maximum absolute atomic E-state index is 12.0. The first-order chi connectivity index (χ1) is 11.0. The van der Waals surface area contributed by atoms with E-state index in [9.17, 15) is 15.0 Å². The number of aliphatic hydroxyl groups excluding tert-OH is 1. The molecule has 23 heavy (non-hydrogen) atoms. The number of aromatic nitrogens is 2.